The summed E-state index contributed by atoms with van der Waals surface area (Å²) in [6.07, 6.45) is 0. The molecule has 0 N–H and O–H groups in total. The zero-order valence-corrected chi connectivity index (χ0v) is 13.2. The Morgan fingerprint density at radius 3 is 2.80 bits per heavy atom. The lowest BCUT2D eigenvalue weighted by Crippen LogP contribution is -2.04. The maximum atomic E-state index is 14.0. The molecule has 0 fully saturated rings. The molecule has 2 heterocycles. The summed E-state index contributed by atoms with van der Waals surface area (Å²) in [6, 6.07) is 4.48. The van der Waals surface area contributed by atoms with Crippen molar-refractivity contribution in [2.45, 2.75) is 12.4 Å². The van der Waals surface area contributed by atoms with Crippen LogP contribution >= 0.6 is 38.9 Å². The van der Waals surface area contributed by atoms with E-state index in [9.17, 15) is 8.78 Å². The Hall–Kier alpha value is -0.980. The lowest BCUT2D eigenvalue weighted by Gasteiger charge is -2.06. The zero-order chi connectivity index (χ0) is 14.3. The first-order valence-corrected chi connectivity index (χ1v) is 7.93. The monoisotopic (exact) mass is 376 g/mol. The molecule has 3 aromatic rings. The van der Waals surface area contributed by atoms with Crippen LogP contribution in [0.3, 0.4) is 0 Å². The van der Waals surface area contributed by atoms with Crippen LogP contribution in [0.5, 0.6) is 0 Å². The molecule has 0 radical (unpaired) electrons. The molecule has 0 aliphatic carbocycles. The number of benzene rings is 1. The fourth-order valence-electron chi connectivity index (χ4n) is 2.07. The number of rotatable bonds is 3. The lowest BCUT2D eigenvalue weighted by atomic mass is 10.3. The molecule has 0 saturated heterocycles. The summed E-state index contributed by atoms with van der Waals surface area (Å²) >= 11 is 10.8. The number of fused-ring (bicyclic) bond motifs is 1. The number of hydrogen-bond acceptors (Lipinski definition) is 2. The summed E-state index contributed by atoms with van der Waals surface area (Å²) in [4.78, 5) is 5.26. The smallest absolute Gasteiger partial charge is 0.184 e. The van der Waals surface area contributed by atoms with Crippen LogP contribution in [0.4, 0.5) is 8.78 Å². The molecule has 0 atom stereocenters. The van der Waals surface area contributed by atoms with Gasteiger partial charge in [-0.25, -0.2) is 13.8 Å². The van der Waals surface area contributed by atoms with E-state index >= 15 is 0 Å². The Bertz CT molecular complexity index is 784. The first-order chi connectivity index (χ1) is 9.60. The van der Waals surface area contributed by atoms with E-state index in [1.165, 1.54) is 17.4 Å². The first kappa shape index (κ1) is 14.0. The van der Waals surface area contributed by atoms with E-state index < -0.39 is 11.6 Å². The van der Waals surface area contributed by atoms with Crippen molar-refractivity contribution in [1.29, 1.82) is 0 Å². The Labute approximate surface area is 131 Å². The topological polar surface area (TPSA) is 17.8 Å². The molecule has 7 heteroatoms. The number of imidazole rings is 1. The summed E-state index contributed by atoms with van der Waals surface area (Å²) in [7, 11) is 0. The molecular formula is C13H8BrClF2N2S. The highest BCUT2D eigenvalue weighted by Crippen LogP contribution is 2.26. The SMILES string of the molecule is Fc1ccc2nc(CCl)n(Cc3cc(Br)cs3)c2c1F. The molecule has 104 valence electrons. The van der Waals surface area contributed by atoms with Crippen molar-refractivity contribution in [3.05, 3.63) is 50.4 Å². The highest BCUT2D eigenvalue weighted by Gasteiger charge is 2.17. The summed E-state index contributed by atoms with van der Waals surface area (Å²) in [5, 5.41) is 1.94. The predicted molar refractivity (Wildman–Crippen MR) is 80.3 cm³/mol. The number of hydrogen-bond donors (Lipinski definition) is 0. The molecule has 0 unspecified atom stereocenters. The Kier molecular flexibility index (Phi) is 3.79. The maximum Gasteiger partial charge on any atom is 0.184 e. The summed E-state index contributed by atoms with van der Waals surface area (Å²) < 4.78 is 30.0. The van der Waals surface area contributed by atoms with Crippen molar-refractivity contribution in [3.8, 4) is 0 Å². The predicted octanol–water partition coefficient (Wildman–Crippen LogP) is 4.93. The first-order valence-electron chi connectivity index (χ1n) is 5.72. The minimum absolute atomic E-state index is 0.141. The average molecular weight is 378 g/mol. The molecule has 0 spiro atoms. The second-order valence-electron chi connectivity index (χ2n) is 4.21. The summed E-state index contributed by atoms with van der Waals surface area (Å²) in [5.74, 6) is -1.10. The van der Waals surface area contributed by atoms with Gasteiger partial charge >= 0.3 is 0 Å². The van der Waals surface area contributed by atoms with Gasteiger partial charge in [-0.3, -0.25) is 0 Å². The minimum Gasteiger partial charge on any atom is -0.319 e. The molecular weight excluding hydrogens is 370 g/mol. The van der Waals surface area contributed by atoms with Crippen LogP contribution in [0.1, 0.15) is 10.7 Å². The summed E-state index contributed by atoms with van der Waals surface area (Å²) in [6.45, 7) is 0.412. The average Bonchev–Trinajstić information content (AvgIpc) is 2.99. The van der Waals surface area contributed by atoms with Crippen LogP contribution in [-0.4, -0.2) is 9.55 Å². The number of aromatic nitrogens is 2. The van der Waals surface area contributed by atoms with Crippen molar-refractivity contribution >= 4 is 49.9 Å². The van der Waals surface area contributed by atoms with Crippen LogP contribution in [0.2, 0.25) is 0 Å². The largest absolute Gasteiger partial charge is 0.319 e. The second kappa shape index (κ2) is 5.42. The van der Waals surface area contributed by atoms with Crippen LogP contribution in [-0.2, 0) is 12.4 Å². The van der Waals surface area contributed by atoms with Crippen LogP contribution in [0.15, 0.2) is 28.1 Å². The standard InChI is InChI=1S/C13H8BrClF2N2S/c14-7-3-8(20-6-7)5-19-11(4-15)18-10-2-1-9(16)12(17)13(10)19/h1-3,6H,4-5H2. The van der Waals surface area contributed by atoms with Crippen LogP contribution < -0.4 is 0 Å². The van der Waals surface area contributed by atoms with Gasteiger partial charge in [-0.05, 0) is 34.1 Å². The minimum atomic E-state index is -0.887. The summed E-state index contributed by atoms with van der Waals surface area (Å²) in [5.41, 5.74) is 0.570. The van der Waals surface area contributed by atoms with E-state index in [0.717, 1.165) is 15.4 Å². The van der Waals surface area contributed by atoms with E-state index in [4.69, 9.17) is 11.6 Å². The highest BCUT2D eigenvalue weighted by atomic mass is 79.9. The number of thiophene rings is 1. The third-order valence-corrected chi connectivity index (χ3v) is 4.86. The molecule has 0 amide bonds. The van der Waals surface area contributed by atoms with Crippen molar-refractivity contribution in [2.75, 3.05) is 0 Å². The van der Waals surface area contributed by atoms with E-state index in [1.54, 1.807) is 4.57 Å². The van der Waals surface area contributed by atoms with Gasteiger partial charge in [0, 0.05) is 14.7 Å². The fraction of sp³-hybridized carbons (Fsp3) is 0.154. The van der Waals surface area contributed by atoms with Crippen molar-refractivity contribution in [3.63, 3.8) is 0 Å². The normalized spacial score (nSPS) is 11.4. The molecule has 3 rings (SSSR count). The third-order valence-electron chi connectivity index (χ3n) is 2.93. The van der Waals surface area contributed by atoms with Gasteiger partial charge in [-0.2, -0.15) is 0 Å². The van der Waals surface area contributed by atoms with Gasteiger partial charge in [0.25, 0.3) is 0 Å². The van der Waals surface area contributed by atoms with Gasteiger partial charge in [-0.1, -0.05) is 0 Å². The van der Waals surface area contributed by atoms with Crippen molar-refractivity contribution in [1.82, 2.24) is 9.55 Å². The van der Waals surface area contributed by atoms with Crippen molar-refractivity contribution < 1.29 is 8.78 Å². The number of halogens is 4. The van der Waals surface area contributed by atoms with Gasteiger partial charge < -0.3 is 4.57 Å². The van der Waals surface area contributed by atoms with Crippen molar-refractivity contribution in [2.24, 2.45) is 0 Å². The lowest BCUT2D eigenvalue weighted by molar-refractivity contribution is 0.512. The Morgan fingerprint density at radius 2 is 2.15 bits per heavy atom. The molecule has 0 aliphatic heterocycles. The highest BCUT2D eigenvalue weighted by molar-refractivity contribution is 9.10. The van der Waals surface area contributed by atoms with E-state index in [-0.39, 0.29) is 11.4 Å². The second-order valence-corrected chi connectivity index (χ2v) is 6.39. The third kappa shape index (κ3) is 2.36. The van der Waals surface area contributed by atoms with Gasteiger partial charge in [0.2, 0.25) is 0 Å². The van der Waals surface area contributed by atoms with Gasteiger partial charge in [-0.15, -0.1) is 22.9 Å². The molecule has 0 bridgehead atoms. The van der Waals surface area contributed by atoms with E-state index in [0.29, 0.717) is 17.9 Å². The molecule has 1 aromatic carbocycles. The Balaban J connectivity index is 2.19. The van der Waals surface area contributed by atoms with Gasteiger partial charge in [0.05, 0.1) is 17.9 Å². The van der Waals surface area contributed by atoms with E-state index in [2.05, 4.69) is 20.9 Å². The fourth-order valence-corrected chi connectivity index (χ4v) is 3.71. The maximum absolute atomic E-state index is 14.0. The molecule has 0 saturated carbocycles. The van der Waals surface area contributed by atoms with Gasteiger partial charge in [0.15, 0.2) is 11.6 Å². The molecule has 2 nitrogen and oxygen atoms in total. The molecule has 0 aliphatic rings. The number of nitrogens with zero attached hydrogens (tertiary/aromatic N) is 2. The van der Waals surface area contributed by atoms with Crippen LogP contribution in [0.25, 0.3) is 11.0 Å². The number of alkyl halides is 1. The van der Waals surface area contributed by atoms with Gasteiger partial charge in [0.1, 0.15) is 11.3 Å². The Morgan fingerprint density at radius 1 is 1.35 bits per heavy atom. The van der Waals surface area contributed by atoms with E-state index in [1.807, 2.05) is 11.4 Å². The van der Waals surface area contributed by atoms with Crippen LogP contribution in [0, 0.1) is 11.6 Å². The quantitative estimate of drug-likeness (QED) is 0.592. The zero-order valence-electron chi connectivity index (χ0n) is 10.0. The molecule has 20 heavy (non-hydrogen) atoms. The molecule has 2 aromatic heterocycles.